The largest absolute Gasteiger partial charge is 0.481 e. The highest BCUT2D eigenvalue weighted by molar-refractivity contribution is 5.94. The Morgan fingerprint density at radius 2 is 1.70 bits per heavy atom. The molecule has 7 heteroatoms. The minimum absolute atomic E-state index is 0.0174. The van der Waals surface area contributed by atoms with Gasteiger partial charge in [-0.05, 0) is 53.4 Å². The second kappa shape index (κ2) is 8.28. The minimum Gasteiger partial charge on any atom is -0.481 e. The van der Waals surface area contributed by atoms with Gasteiger partial charge in [0.05, 0.1) is 12.0 Å². The fourth-order valence-corrected chi connectivity index (χ4v) is 5.38. The molecule has 5 rings (SSSR count). The van der Waals surface area contributed by atoms with E-state index in [4.69, 9.17) is 4.74 Å². The van der Waals surface area contributed by atoms with Crippen LogP contribution >= 0.6 is 0 Å². The van der Waals surface area contributed by atoms with Crippen LogP contribution in [0.1, 0.15) is 36.3 Å². The summed E-state index contributed by atoms with van der Waals surface area (Å²) in [5.41, 5.74) is 3.95. The molecule has 0 aliphatic heterocycles. The number of carboxylic acids is 1. The zero-order valence-electron chi connectivity index (χ0n) is 18.0. The van der Waals surface area contributed by atoms with Crippen LogP contribution in [0, 0.1) is 23.2 Å². The number of alkyl carbamates (subject to hydrolysis) is 1. The lowest BCUT2D eigenvalue weighted by molar-refractivity contribution is -0.143. The van der Waals surface area contributed by atoms with Crippen LogP contribution in [0.5, 0.6) is 0 Å². The van der Waals surface area contributed by atoms with Crippen LogP contribution in [0.3, 0.4) is 0 Å². The summed E-state index contributed by atoms with van der Waals surface area (Å²) in [6, 6.07) is 16.1. The molecule has 168 valence electrons. The highest BCUT2D eigenvalue weighted by Gasteiger charge is 2.65. The quantitative estimate of drug-likeness (QED) is 0.615. The molecule has 2 amide bonds. The third-order valence-electron chi connectivity index (χ3n) is 7.04. The number of hydrogen-bond donors (Lipinski definition) is 3. The van der Waals surface area contributed by atoms with Crippen molar-refractivity contribution in [3.05, 3.63) is 59.7 Å². The van der Waals surface area contributed by atoms with E-state index >= 15 is 0 Å². The third-order valence-corrected chi connectivity index (χ3v) is 7.04. The zero-order valence-corrected chi connectivity index (χ0v) is 18.0. The lowest BCUT2D eigenvalue weighted by Gasteiger charge is -2.14. The van der Waals surface area contributed by atoms with E-state index in [9.17, 15) is 19.5 Å². The molecule has 7 nitrogen and oxygen atoms in total. The second-order valence-electron chi connectivity index (χ2n) is 8.95. The van der Waals surface area contributed by atoms with Crippen molar-refractivity contribution in [1.29, 1.82) is 0 Å². The van der Waals surface area contributed by atoms with Crippen molar-refractivity contribution < 1.29 is 24.2 Å². The van der Waals surface area contributed by atoms with Crippen LogP contribution in [-0.4, -0.2) is 42.3 Å². The molecule has 3 N–H and O–H groups in total. The number of carboxylic acid groups (broad SMARTS) is 1. The fraction of sp³-hybridized carbons (Fsp3) is 0.346. The van der Waals surface area contributed by atoms with Crippen LogP contribution in [0.15, 0.2) is 48.5 Å². The van der Waals surface area contributed by atoms with Gasteiger partial charge in [0, 0.05) is 12.0 Å². The monoisotopic (exact) mass is 444 g/mol. The fourth-order valence-electron chi connectivity index (χ4n) is 5.38. The van der Waals surface area contributed by atoms with Crippen molar-refractivity contribution in [2.24, 2.45) is 11.3 Å². The molecule has 2 aromatic carbocycles. The number of ether oxygens (including phenoxy) is 1. The van der Waals surface area contributed by atoms with Gasteiger partial charge in [-0.3, -0.25) is 9.59 Å². The number of fused-ring (bicyclic) bond motifs is 4. The van der Waals surface area contributed by atoms with Crippen molar-refractivity contribution in [1.82, 2.24) is 10.6 Å². The number of carbonyl (C=O) groups excluding carboxylic acids is 2. The molecule has 0 heterocycles. The number of hydrogen-bond acceptors (Lipinski definition) is 4. The molecule has 0 aromatic heterocycles. The predicted octanol–water partition coefficient (Wildman–Crippen LogP) is 2.90. The van der Waals surface area contributed by atoms with Gasteiger partial charge in [-0.2, -0.15) is 0 Å². The van der Waals surface area contributed by atoms with Crippen molar-refractivity contribution in [3.63, 3.8) is 0 Å². The molecule has 0 bridgehead atoms. The highest BCUT2D eigenvalue weighted by atomic mass is 16.5. The number of nitrogens with one attached hydrogen (secondary N) is 2. The first-order valence-electron chi connectivity index (χ1n) is 11.1. The van der Waals surface area contributed by atoms with E-state index in [1.54, 1.807) is 0 Å². The smallest absolute Gasteiger partial charge is 0.407 e. The molecular formula is C26H24N2O5. The van der Waals surface area contributed by atoms with E-state index in [2.05, 4.69) is 46.7 Å². The van der Waals surface area contributed by atoms with E-state index in [-0.39, 0.29) is 31.0 Å². The Morgan fingerprint density at radius 3 is 2.33 bits per heavy atom. The summed E-state index contributed by atoms with van der Waals surface area (Å²) in [5.74, 6) is 3.95. The van der Waals surface area contributed by atoms with Crippen molar-refractivity contribution in [3.8, 4) is 23.0 Å². The Labute approximate surface area is 191 Å². The first-order valence-corrected chi connectivity index (χ1v) is 11.1. The third kappa shape index (κ3) is 3.93. The lowest BCUT2D eigenvalue weighted by Crippen LogP contribution is -2.34. The van der Waals surface area contributed by atoms with E-state index in [1.165, 1.54) is 0 Å². The predicted molar refractivity (Wildman–Crippen MR) is 120 cm³/mol. The van der Waals surface area contributed by atoms with Crippen molar-refractivity contribution in [2.45, 2.75) is 31.2 Å². The molecule has 3 aliphatic rings. The Kier molecular flexibility index (Phi) is 5.29. The standard InChI is InChI=1S/C26H24N2O5/c29-23(28-17-12-16-13-26(16,14-17)24(30)31)10-5-11-27-25(32)33-15-22-20-8-3-1-6-18(20)19-7-2-4-9-21(19)22/h1-4,6-9,16-17,22H,11-15H2,(H,27,32)(H,28,29)(H,30,31). The summed E-state index contributed by atoms with van der Waals surface area (Å²) >= 11 is 0. The maximum atomic E-state index is 12.1. The Morgan fingerprint density at radius 1 is 1.03 bits per heavy atom. The van der Waals surface area contributed by atoms with Gasteiger partial charge in [0.1, 0.15) is 6.61 Å². The van der Waals surface area contributed by atoms with Gasteiger partial charge in [-0.1, -0.05) is 54.5 Å². The maximum Gasteiger partial charge on any atom is 0.407 e. The van der Waals surface area contributed by atoms with E-state index in [0.717, 1.165) is 22.3 Å². The van der Waals surface area contributed by atoms with Crippen molar-refractivity contribution in [2.75, 3.05) is 13.2 Å². The molecule has 3 unspecified atom stereocenters. The molecule has 3 atom stereocenters. The van der Waals surface area contributed by atoms with E-state index in [1.807, 2.05) is 24.3 Å². The summed E-state index contributed by atoms with van der Waals surface area (Å²) in [6.45, 7) is 0.193. The lowest BCUT2D eigenvalue weighted by atomic mass is 9.98. The molecule has 0 spiro atoms. The Hall–Kier alpha value is -3.79. The number of benzene rings is 2. The van der Waals surface area contributed by atoms with Crippen LogP contribution in [0.4, 0.5) is 4.79 Å². The van der Waals surface area contributed by atoms with Gasteiger partial charge in [-0.15, -0.1) is 0 Å². The maximum absolute atomic E-state index is 12.1. The minimum atomic E-state index is -0.775. The number of amides is 2. The van der Waals surface area contributed by atoms with Crippen LogP contribution in [0.25, 0.3) is 11.1 Å². The molecule has 2 fully saturated rings. The topological polar surface area (TPSA) is 105 Å². The Bertz CT molecular complexity index is 1150. The molecule has 0 saturated heterocycles. The molecule has 33 heavy (non-hydrogen) atoms. The average molecular weight is 444 g/mol. The van der Waals surface area contributed by atoms with Crippen molar-refractivity contribution >= 4 is 18.0 Å². The molecule has 3 aliphatic carbocycles. The first-order chi connectivity index (χ1) is 16.0. The van der Waals surface area contributed by atoms with Gasteiger partial charge in [0.2, 0.25) is 0 Å². The van der Waals surface area contributed by atoms with Gasteiger partial charge < -0.3 is 20.5 Å². The SMILES string of the molecule is O=C(C#CCNC(=O)OCC1c2ccccc2-c2ccccc21)NC1CC2CC2(C(=O)O)C1. The molecular weight excluding hydrogens is 420 g/mol. The van der Waals surface area contributed by atoms with Gasteiger partial charge >= 0.3 is 12.1 Å². The summed E-state index contributed by atoms with van der Waals surface area (Å²) in [6.07, 6.45) is 1.24. The van der Waals surface area contributed by atoms with Crippen LogP contribution in [0.2, 0.25) is 0 Å². The second-order valence-corrected chi connectivity index (χ2v) is 8.95. The van der Waals surface area contributed by atoms with E-state index in [0.29, 0.717) is 19.3 Å². The number of carbonyl (C=O) groups is 3. The number of rotatable bonds is 5. The van der Waals surface area contributed by atoms with Gasteiger partial charge in [0.15, 0.2) is 0 Å². The van der Waals surface area contributed by atoms with Gasteiger partial charge in [0.25, 0.3) is 5.91 Å². The summed E-state index contributed by atoms with van der Waals surface area (Å²) in [7, 11) is 0. The zero-order chi connectivity index (χ0) is 23.0. The molecule has 0 radical (unpaired) electrons. The summed E-state index contributed by atoms with van der Waals surface area (Å²) in [5, 5.41) is 14.6. The number of aliphatic carboxylic acids is 1. The average Bonchev–Trinajstić information content (AvgIpc) is 3.24. The van der Waals surface area contributed by atoms with Gasteiger partial charge in [-0.25, -0.2) is 4.79 Å². The van der Waals surface area contributed by atoms with E-state index < -0.39 is 23.4 Å². The first kappa shape index (κ1) is 21.1. The summed E-state index contributed by atoms with van der Waals surface area (Å²) in [4.78, 5) is 35.5. The normalized spacial score (nSPS) is 23.9. The van der Waals surface area contributed by atoms with Crippen LogP contribution < -0.4 is 10.6 Å². The van der Waals surface area contributed by atoms with Crippen LogP contribution in [-0.2, 0) is 14.3 Å². The summed E-state index contributed by atoms with van der Waals surface area (Å²) < 4.78 is 5.43. The molecule has 2 aromatic rings. The highest BCUT2D eigenvalue weighted by Crippen LogP contribution is 2.63. The molecule has 2 saturated carbocycles. The Balaban J connectivity index is 1.08.